The quantitative estimate of drug-likeness (QED) is 0.753. The summed E-state index contributed by atoms with van der Waals surface area (Å²) in [6.45, 7) is 1.91. The molecule has 0 saturated carbocycles. The minimum atomic E-state index is -0.372. The van der Waals surface area contributed by atoms with Crippen molar-refractivity contribution in [3.63, 3.8) is 0 Å². The van der Waals surface area contributed by atoms with Gasteiger partial charge in [0.2, 0.25) is 0 Å². The average molecular weight is 325 g/mol. The zero-order valence-corrected chi connectivity index (χ0v) is 13.0. The Hall–Kier alpha value is -3.09. The molecular formula is C17H16FN5O. The molecule has 0 bridgehead atoms. The van der Waals surface area contributed by atoms with E-state index in [0.29, 0.717) is 29.3 Å². The molecule has 122 valence electrons. The van der Waals surface area contributed by atoms with Crippen molar-refractivity contribution in [3.05, 3.63) is 82.2 Å². The first-order chi connectivity index (χ1) is 11.6. The number of aromatic nitrogens is 4. The summed E-state index contributed by atoms with van der Waals surface area (Å²) < 4.78 is 12.9. The van der Waals surface area contributed by atoms with E-state index in [1.165, 1.54) is 12.3 Å². The predicted molar refractivity (Wildman–Crippen MR) is 88.1 cm³/mol. The number of halogens is 1. The van der Waals surface area contributed by atoms with Gasteiger partial charge in [-0.1, -0.05) is 6.07 Å². The summed E-state index contributed by atoms with van der Waals surface area (Å²) >= 11 is 0. The minimum absolute atomic E-state index is 0.145. The lowest BCUT2D eigenvalue weighted by Crippen LogP contribution is -2.14. The number of nitrogens with zero attached hydrogens (tertiary/aromatic N) is 3. The Bertz CT molecular complexity index is 878. The molecule has 0 amide bonds. The van der Waals surface area contributed by atoms with Gasteiger partial charge in [-0.05, 0) is 31.2 Å². The Balaban J connectivity index is 1.74. The van der Waals surface area contributed by atoms with Crippen LogP contribution < -0.4 is 10.9 Å². The fraction of sp³-hybridized carbons (Fsp3) is 0.176. The summed E-state index contributed by atoms with van der Waals surface area (Å²) in [5.41, 5.74) is 1.15. The van der Waals surface area contributed by atoms with Crippen LogP contribution in [0.2, 0.25) is 0 Å². The lowest BCUT2D eigenvalue weighted by molar-refractivity contribution is 0.617. The van der Waals surface area contributed by atoms with Crippen LogP contribution in [0.25, 0.3) is 0 Å². The molecule has 1 atom stereocenters. The van der Waals surface area contributed by atoms with E-state index in [2.05, 4.69) is 25.3 Å². The van der Waals surface area contributed by atoms with Crippen LogP contribution in [-0.2, 0) is 6.42 Å². The van der Waals surface area contributed by atoms with Gasteiger partial charge in [-0.15, -0.1) is 0 Å². The third-order valence-electron chi connectivity index (χ3n) is 3.51. The fourth-order valence-corrected chi connectivity index (χ4v) is 2.27. The van der Waals surface area contributed by atoms with Crippen LogP contribution in [0.1, 0.15) is 30.0 Å². The molecule has 0 fully saturated rings. The monoisotopic (exact) mass is 325 g/mol. The molecule has 3 rings (SSSR count). The van der Waals surface area contributed by atoms with Crippen LogP contribution in [0.5, 0.6) is 0 Å². The maximum Gasteiger partial charge on any atom is 0.251 e. The number of hydrogen-bond acceptors (Lipinski definition) is 5. The number of hydrogen-bond donors (Lipinski definition) is 2. The summed E-state index contributed by atoms with van der Waals surface area (Å²) in [6, 6.07) is 8.09. The molecule has 0 saturated heterocycles. The van der Waals surface area contributed by atoms with Crippen molar-refractivity contribution in [2.75, 3.05) is 5.32 Å². The van der Waals surface area contributed by atoms with E-state index in [1.54, 1.807) is 36.7 Å². The molecule has 2 N–H and O–H groups in total. The zero-order chi connectivity index (χ0) is 16.9. The van der Waals surface area contributed by atoms with Gasteiger partial charge in [0.1, 0.15) is 17.5 Å². The molecule has 0 aliphatic rings. The highest BCUT2D eigenvalue weighted by Gasteiger charge is 2.09. The van der Waals surface area contributed by atoms with Gasteiger partial charge in [0.05, 0.1) is 17.9 Å². The third kappa shape index (κ3) is 3.81. The maximum absolute atomic E-state index is 12.9. The Morgan fingerprint density at radius 2 is 2.12 bits per heavy atom. The van der Waals surface area contributed by atoms with Crippen molar-refractivity contribution in [1.29, 1.82) is 0 Å². The number of anilines is 1. The van der Waals surface area contributed by atoms with Gasteiger partial charge in [-0.25, -0.2) is 14.4 Å². The smallest absolute Gasteiger partial charge is 0.251 e. The second-order valence-electron chi connectivity index (χ2n) is 5.33. The molecule has 1 unspecified atom stereocenters. The van der Waals surface area contributed by atoms with Crippen LogP contribution in [-0.4, -0.2) is 19.9 Å². The van der Waals surface area contributed by atoms with Crippen LogP contribution >= 0.6 is 0 Å². The molecule has 3 aromatic heterocycles. The standard InChI is InChI=1S/C17H16FN5O/c1-11(14-5-4-13(18)10-21-14)22-15-6-8-19-16(23-15)9-12-3-2-7-20-17(12)24/h2-8,10-11H,9H2,1H3,(H,20,24)(H,19,22,23). The minimum Gasteiger partial charge on any atom is -0.362 e. The van der Waals surface area contributed by atoms with Crippen LogP contribution in [0, 0.1) is 5.82 Å². The molecule has 7 heteroatoms. The number of pyridine rings is 2. The van der Waals surface area contributed by atoms with Gasteiger partial charge in [0, 0.05) is 24.4 Å². The highest BCUT2D eigenvalue weighted by atomic mass is 19.1. The van der Waals surface area contributed by atoms with E-state index in [1.807, 2.05) is 6.92 Å². The Kier molecular flexibility index (Phi) is 4.60. The van der Waals surface area contributed by atoms with Gasteiger partial charge in [0.25, 0.3) is 5.56 Å². The largest absolute Gasteiger partial charge is 0.362 e. The van der Waals surface area contributed by atoms with Gasteiger partial charge in [0.15, 0.2) is 0 Å². The summed E-state index contributed by atoms with van der Waals surface area (Å²) in [6.07, 6.45) is 4.74. The molecule has 0 aliphatic carbocycles. The van der Waals surface area contributed by atoms with Crippen molar-refractivity contribution in [2.24, 2.45) is 0 Å². The molecule has 6 nitrogen and oxygen atoms in total. The SMILES string of the molecule is CC(Nc1ccnc(Cc2ccc[nH]c2=O)n1)c1ccc(F)cn1. The van der Waals surface area contributed by atoms with E-state index in [0.717, 1.165) is 0 Å². The van der Waals surface area contributed by atoms with E-state index < -0.39 is 0 Å². The molecule has 24 heavy (non-hydrogen) atoms. The molecule has 3 aromatic rings. The van der Waals surface area contributed by atoms with Crippen molar-refractivity contribution in [2.45, 2.75) is 19.4 Å². The van der Waals surface area contributed by atoms with Gasteiger partial charge in [-0.2, -0.15) is 0 Å². The predicted octanol–water partition coefficient (Wildman–Crippen LogP) is 2.46. The second kappa shape index (κ2) is 6.99. The van der Waals surface area contributed by atoms with E-state index in [4.69, 9.17) is 0 Å². The molecule has 0 radical (unpaired) electrons. The number of nitrogens with one attached hydrogen (secondary N) is 2. The van der Waals surface area contributed by atoms with E-state index in [-0.39, 0.29) is 17.4 Å². The van der Waals surface area contributed by atoms with E-state index in [9.17, 15) is 9.18 Å². The number of H-pyrrole nitrogens is 1. The van der Waals surface area contributed by atoms with Crippen LogP contribution in [0.4, 0.5) is 10.2 Å². The van der Waals surface area contributed by atoms with Gasteiger partial charge < -0.3 is 10.3 Å². The number of rotatable bonds is 5. The number of aromatic amines is 1. The average Bonchev–Trinajstić information content (AvgIpc) is 2.58. The van der Waals surface area contributed by atoms with Crippen molar-refractivity contribution < 1.29 is 4.39 Å². The first kappa shape index (κ1) is 15.8. The first-order valence-corrected chi connectivity index (χ1v) is 7.48. The topological polar surface area (TPSA) is 83.6 Å². The molecule has 0 aliphatic heterocycles. The molecule has 0 spiro atoms. The van der Waals surface area contributed by atoms with Crippen molar-refractivity contribution in [1.82, 2.24) is 19.9 Å². The summed E-state index contributed by atoms with van der Waals surface area (Å²) in [7, 11) is 0. The third-order valence-corrected chi connectivity index (χ3v) is 3.51. The Morgan fingerprint density at radius 3 is 2.88 bits per heavy atom. The molecule has 3 heterocycles. The van der Waals surface area contributed by atoms with Gasteiger partial charge in [-0.3, -0.25) is 9.78 Å². The van der Waals surface area contributed by atoms with Gasteiger partial charge >= 0.3 is 0 Å². The Morgan fingerprint density at radius 1 is 1.25 bits per heavy atom. The van der Waals surface area contributed by atoms with Crippen molar-refractivity contribution in [3.8, 4) is 0 Å². The maximum atomic E-state index is 12.9. The summed E-state index contributed by atoms with van der Waals surface area (Å²) in [5.74, 6) is 0.783. The highest BCUT2D eigenvalue weighted by molar-refractivity contribution is 5.36. The zero-order valence-electron chi connectivity index (χ0n) is 13.0. The lowest BCUT2D eigenvalue weighted by Gasteiger charge is -2.14. The van der Waals surface area contributed by atoms with Crippen molar-refractivity contribution >= 4 is 5.82 Å². The normalized spacial score (nSPS) is 11.9. The summed E-state index contributed by atoms with van der Waals surface area (Å²) in [4.78, 5) is 27.0. The van der Waals surface area contributed by atoms with Crippen LogP contribution in [0.3, 0.4) is 0 Å². The van der Waals surface area contributed by atoms with Crippen LogP contribution in [0.15, 0.2) is 53.7 Å². The molecular weight excluding hydrogens is 309 g/mol. The second-order valence-corrected chi connectivity index (χ2v) is 5.33. The first-order valence-electron chi connectivity index (χ1n) is 7.48. The van der Waals surface area contributed by atoms with E-state index >= 15 is 0 Å². The molecule has 0 aromatic carbocycles. The highest BCUT2D eigenvalue weighted by Crippen LogP contribution is 2.16. The lowest BCUT2D eigenvalue weighted by atomic mass is 10.2. The Labute approximate surface area is 137 Å². The fourth-order valence-electron chi connectivity index (χ4n) is 2.27. The summed E-state index contributed by atoms with van der Waals surface area (Å²) in [5, 5.41) is 3.20.